The molecule has 0 bridgehead atoms. The molecule has 1 heterocycles. The third-order valence-corrected chi connectivity index (χ3v) is 4.31. The van der Waals surface area contributed by atoms with Crippen molar-refractivity contribution in [3.8, 4) is 0 Å². The van der Waals surface area contributed by atoms with Gasteiger partial charge in [-0.1, -0.05) is 31.2 Å². The van der Waals surface area contributed by atoms with Gasteiger partial charge in [-0.25, -0.2) is 0 Å². The highest BCUT2D eigenvalue weighted by Crippen LogP contribution is 2.24. The van der Waals surface area contributed by atoms with Gasteiger partial charge in [0.15, 0.2) is 0 Å². The van der Waals surface area contributed by atoms with Crippen molar-refractivity contribution in [1.82, 2.24) is 0 Å². The molecule has 0 radical (unpaired) electrons. The summed E-state index contributed by atoms with van der Waals surface area (Å²) in [5.41, 5.74) is 6.85. The molecular weight excluding hydrogens is 256 g/mol. The molecular formula is C19H24N2. The molecule has 0 atom stereocenters. The quantitative estimate of drug-likeness (QED) is 0.901. The van der Waals surface area contributed by atoms with Gasteiger partial charge in [-0.2, -0.15) is 0 Å². The second kappa shape index (κ2) is 6.21. The minimum atomic E-state index is 0.957. The first-order chi connectivity index (χ1) is 10.3. The molecule has 0 saturated carbocycles. The largest absolute Gasteiger partial charge is 0.385 e. The summed E-state index contributed by atoms with van der Waals surface area (Å²) in [6.07, 6.45) is 3.54. The van der Waals surface area contributed by atoms with Crippen molar-refractivity contribution in [2.75, 3.05) is 23.8 Å². The van der Waals surface area contributed by atoms with E-state index >= 15 is 0 Å². The second-order valence-electron chi connectivity index (χ2n) is 5.90. The van der Waals surface area contributed by atoms with Gasteiger partial charge in [0.2, 0.25) is 0 Å². The Labute approximate surface area is 127 Å². The first kappa shape index (κ1) is 14.0. The standard InChI is InChI=1S/C19H24N2/c1-3-15-6-9-18(10-7-15)21(2)14-16-8-11-19-17(13-16)5-4-12-20-19/h6-11,13,20H,3-5,12,14H2,1-2H3. The Balaban J connectivity index is 1.72. The number of hydrogen-bond acceptors (Lipinski definition) is 2. The minimum absolute atomic E-state index is 0.957. The maximum atomic E-state index is 3.47. The molecule has 0 spiro atoms. The van der Waals surface area contributed by atoms with E-state index in [0.717, 1.165) is 19.5 Å². The normalized spacial score (nSPS) is 13.4. The van der Waals surface area contributed by atoms with Gasteiger partial charge in [0, 0.05) is 31.5 Å². The third-order valence-electron chi connectivity index (χ3n) is 4.31. The van der Waals surface area contributed by atoms with E-state index in [1.807, 2.05) is 0 Å². The van der Waals surface area contributed by atoms with Crippen molar-refractivity contribution in [2.45, 2.75) is 32.7 Å². The lowest BCUT2D eigenvalue weighted by Crippen LogP contribution is -2.17. The van der Waals surface area contributed by atoms with Crippen LogP contribution in [0.3, 0.4) is 0 Å². The minimum Gasteiger partial charge on any atom is -0.385 e. The number of fused-ring (bicyclic) bond motifs is 1. The summed E-state index contributed by atoms with van der Waals surface area (Å²) in [7, 11) is 2.17. The number of aryl methyl sites for hydroxylation is 2. The van der Waals surface area contributed by atoms with Gasteiger partial charge in [-0.05, 0) is 54.2 Å². The molecule has 1 N–H and O–H groups in total. The lowest BCUT2D eigenvalue weighted by atomic mass is 10.0. The average molecular weight is 280 g/mol. The summed E-state index contributed by atoms with van der Waals surface area (Å²) in [6.45, 7) is 4.26. The van der Waals surface area contributed by atoms with Gasteiger partial charge < -0.3 is 10.2 Å². The van der Waals surface area contributed by atoms with Gasteiger partial charge in [0.1, 0.15) is 0 Å². The SMILES string of the molecule is CCc1ccc(N(C)Cc2ccc3c(c2)CCCN3)cc1. The Morgan fingerprint density at radius 2 is 1.81 bits per heavy atom. The van der Waals surface area contributed by atoms with Gasteiger partial charge in [-0.3, -0.25) is 0 Å². The number of nitrogens with one attached hydrogen (secondary N) is 1. The van der Waals surface area contributed by atoms with Crippen LogP contribution in [-0.4, -0.2) is 13.6 Å². The van der Waals surface area contributed by atoms with Crippen molar-refractivity contribution in [1.29, 1.82) is 0 Å². The van der Waals surface area contributed by atoms with Gasteiger partial charge in [0.05, 0.1) is 0 Å². The molecule has 2 aromatic carbocycles. The predicted octanol–water partition coefficient (Wildman–Crippen LogP) is 4.24. The van der Waals surface area contributed by atoms with E-state index in [1.165, 1.54) is 40.9 Å². The van der Waals surface area contributed by atoms with Crippen molar-refractivity contribution in [3.05, 3.63) is 59.2 Å². The number of nitrogens with zero attached hydrogens (tertiary/aromatic N) is 1. The summed E-state index contributed by atoms with van der Waals surface area (Å²) in [5.74, 6) is 0. The van der Waals surface area contributed by atoms with E-state index in [2.05, 4.69) is 66.7 Å². The summed E-state index contributed by atoms with van der Waals surface area (Å²) < 4.78 is 0. The fraction of sp³-hybridized carbons (Fsp3) is 0.368. The van der Waals surface area contributed by atoms with Crippen LogP contribution < -0.4 is 10.2 Å². The van der Waals surface area contributed by atoms with Crippen LogP contribution in [0.5, 0.6) is 0 Å². The molecule has 3 rings (SSSR count). The van der Waals surface area contributed by atoms with Crippen LogP contribution in [0.2, 0.25) is 0 Å². The monoisotopic (exact) mass is 280 g/mol. The van der Waals surface area contributed by atoms with E-state index in [-0.39, 0.29) is 0 Å². The topological polar surface area (TPSA) is 15.3 Å². The molecule has 0 fully saturated rings. The van der Waals surface area contributed by atoms with Crippen LogP contribution in [0.15, 0.2) is 42.5 Å². The maximum Gasteiger partial charge on any atom is 0.0426 e. The van der Waals surface area contributed by atoms with Gasteiger partial charge in [-0.15, -0.1) is 0 Å². The highest BCUT2D eigenvalue weighted by molar-refractivity contribution is 5.55. The van der Waals surface area contributed by atoms with E-state index in [1.54, 1.807) is 0 Å². The van der Waals surface area contributed by atoms with Gasteiger partial charge >= 0.3 is 0 Å². The Morgan fingerprint density at radius 3 is 2.57 bits per heavy atom. The first-order valence-corrected chi connectivity index (χ1v) is 7.92. The lowest BCUT2D eigenvalue weighted by molar-refractivity contribution is 0.824. The van der Waals surface area contributed by atoms with Crippen molar-refractivity contribution >= 4 is 11.4 Å². The van der Waals surface area contributed by atoms with E-state index in [4.69, 9.17) is 0 Å². The molecule has 2 nitrogen and oxygen atoms in total. The summed E-state index contributed by atoms with van der Waals surface area (Å²) in [5, 5.41) is 3.47. The Bertz CT molecular complexity index is 601. The number of anilines is 2. The fourth-order valence-corrected chi connectivity index (χ4v) is 2.98. The van der Waals surface area contributed by atoms with Crippen molar-refractivity contribution < 1.29 is 0 Å². The molecule has 2 heteroatoms. The molecule has 0 aromatic heterocycles. The van der Waals surface area contributed by atoms with Crippen LogP contribution in [-0.2, 0) is 19.4 Å². The molecule has 0 aliphatic carbocycles. The number of benzene rings is 2. The van der Waals surface area contributed by atoms with Crippen LogP contribution in [0.1, 0.15) is 30.0 Å². The molecule has 1 aliphatic heterocycles. The fourth-order valence-electron chi connectivity index (χ4n) is 2.98. The lowest BCUT2D eigenvalue weighted by Gasteiger charge is -2.22. The van der Waals surface area contributed by atoms with Gasteiger partial charge in [0.25, 0.3) is 0 Å². The zero-order valence-corrected chi connectivity index (χ0v) is 13.0. The summed E-state index contributed by atoms with van der Waals surface area (Å²) in [6, 6.07) is 15.7. The molecule has 21 heavy (non-hydrogen) atoms. The van der Waals surface area contributed by atoms with Crippen molar-refractivity contribution in [3.63, 3.8) is 0 Å². The predicted molar refractivity (Wildman–Crippen MR) is 91.2 cm³/mol. The maximum absolute atomic E-state index is 3.47. The smallest absolute Gasteiger partial charge is 0.0426 e. The van der Waals surface area contributed by atoms with Crippen LogP contribution in [0.4, 0.5) is 11.4 Å². The van der Waals surface area contributed by atoms with Crippen LogP contribution >= 0.6 is 0 Å². The van der Waals surface area contributed by atoms with Crippen molar-refractivity contribution in [2.24, 2.45) is 0 Å². The van der Waals surface area contributed by atoms with E-state index in [0.29, 0.717) is 0 Å². The Kier molecular flexibility index (Phi) is 4.14. The number of rotatable bonds is 4. The third kappa shape index (κ3) is 3.21. The molecule has 0 unspecified atom stereocenters. The molecule has 0 saturated heterocycles. The van der Waals surface area contributed by atoms with E-state index in [9.17, 15) is 0 Å². The molecule has 1 aliphatic rings. The Hall–Kier alpha value is -1.96. The Morgan fingerprint density at radius 1 is 1.05 bits per heavy atom. The highest BCUT2D eigenvalue weighted by Gasteiger charge is 2.10. The zero-order valence-electron chi connectivity index (χ0n) is 13.0. The first-order valence-electron chi connectivity index (χ1n) is 7.92. The molecule has 110 valence electrons. The van der Waals surface area contributed by atoms with E-state index < -0.39 is 0 Å². The summed E-state index contributed by atoms with van der Waals surface area (Å²) >= 11 is 0. The highest BCUT2D eigenvalue weighted by atomic mass is 15.1. The second-order valence-corrected chi connectivity index (χ2v) is 5.90. The number of hydrogen-bond donors (Lipinski definition) is 1. The van der Waals surface area contributed by atoms with Crippen LogP contribution in [0, 0.1) is 0 Å². The van der Waals surface area contributed by atoms with Crippen LogP contribution in [0.25, 0.3) is 0 Å². The summed E-state index contributed by atoms with van der Waals surface area (Å²) in [4.78, 5) is 2.32. The zero-order chi connectivity index (χ0) is 14.7. The molecule has 2 aromatic rings. The molecule has 0 amide bonds. The average Bonchev–Trinajstić information content (AvgIpc) is 2.55.